The van der Waals surface area contributed by atoms with Crippen LogP contribution in [0.5, 0.6) is 0 Å². The van der Waals surface area contributed by atoms with Crippen LogP contribution < -0.4 is 0 Å². The maximum absolute atomic E-state index is 13.0. The molecule has 0 amide bonds. The zero-order valence-electron chi connectivity index (χ0n) is 10.4. The van der Waals surface area contributed by atoms with E-state index in [9.17, 15) is 18.3 Å². The van der Waals surface area contributed by atoms with Crippen LogP contribution in [0.2, 0.25) is 0 Å². The van der Waals surface area contributed by atoms with Crippen molar-refractivity contribution in [1.29, 1.82) is 0 Å². The summed E-state index contributed by atoms with van der Waals surface area (Å²) >= 11 is 3.02. The van der Waals surface area contributed by atoms with Gasteiger partial charge in [0.15, 0.2) is 0 Å². The molecule has 106 valence electrons. The summed E-state index contributed by atoms with van der Waals surface area (Å²) in [5.41, 5.74) is -0.129. The van der Waals surface area contributed by atoms with Crippen LogP contribution in [-0.2, 0) is 12.6 Å². The summed E-state index contributed by atoms with van der Waals surface area (Å²) in [4.78, 5) is 0. The Labute approximate surface area is 123 Å². The molecule has 0 fully saturated rings. The largest absolute Gasteiger partial charge is 0.416 e. The minimum absolute atomic E-state index is 0.107. The normalized spacial score (nSPS) is 13.2. The minimum atomic E-state index is -4.49. The van der Waals surface area contributed by atoms with E-state index in [0.717, 1.165) is 11.6 Å². The molecule has 0 aromatic heterocycles. The molecule has 0 aliphatic rings. The molecule has 0 saturated heterocycles. The lowest BCUT2D eigenvalue weighted by atomic mass is 9.97. The predicted molar refractivity (Wildman–Crippen MR) is 74.2 cm³/mol. The lowest BCUT2D eigenvalue weighted by Gasteiger charge is -2.18. The lowest BCUT2D eigenvalue weighted by Crippen LogP contribution is -2.13. The number of alkyl halides is 3. The highest BCUT2D eigenvalue weighted by molar-refractivity contribution is 9.10. The van der Waals surface area contributed by atoms with Crippen LogP contribution in [-0.4, -0.2) is 5.11 Å². The van der Waals surface area contributed by atoms with Gasteiger partial charge in [-0.15, -0.1) is 0 Å². The van der Waals surface area contributed by atoms with E-state index < -0.39 is 17.8 Å². The SMILES string of the molecule is OC(Cc1ccccc1)c1ccc(Br)cc1C(F)(F)F. The quantitative estimate of drug-likeness (QED) is 0.852. The second kappa shape index (κ2) is 5.97. The van der Waals surface area contributed by atoms with Crippen molar-refractivity contribution >= 4 is 15.9 Å². The highest BCUT2D eigenvalue weighted by atomic mass is 79.9. The molecule has 1 atom stereocenters. The first-order chi connectivity index (χ1) is 9.38. The molecule has 2 aromatic carbocycles. The fourth-order valence-corrected chi connectivity index (χ4v) is 2.37. The fourth-order valence-electron chi connectivity index (χ4n) is 2.01. The molecule has 20 heavy (non-hydrogen) atoms. The zero-order valence-corrected chi connectivity index (χ0v) is 11.9. The summed E-state index contributed by atoms with van der Waals surface area (Å²) in [6.45, 7) is 0. The Hall–Kier alpha value is -1.33. The number of hydrogen-bond acceptors (Lipinski definition) is 1. The molecule has 0 saturated carbocycles. The number of benzene rings is 2. The van der Waals surface area contributed by atoms with Gasteiger partial charge in [0.2, 0.25) is 0 Å². The molecule has 0 radical (unpaired) electrons. The van der Waals surface area contributed by atoms with Gasteiger partial charge >= 0.3 is 6.18 Å². The Kier molecular flexibility index (Phi) is 4.50. The van der Waals surface area contributed by atoms with Gasteiger partial charge in [-0.05, 0) is 23.3 Å². The number of aliphatic hydroxyl groups excluding tert-OH is 1. The molecule has 0 aliphatic heterocycles. The van der Waals surface area contributed by atoms with Crippen molar-refractivity contribution in [2.75, 3.05) is 0 Å². The number of halogens is 4. The van der Waals surface area contributed by atoms with Crippen LogP contribution in [0.25, 0.3) is 0 Å². The Balaban J connectivity index is 2.32. The summed E-state index contributed by atoms with van der Waals surface area (Å²) in [5, 5.41) is 10.1. The van der Waals surface area contributed by atoms with Gasteiger partial charge < -0.3 is 5.11 Å². The molecular formula is C15H12BrF3O. The van der Waals surface area contributed by atoms with Crippen molar-refractivity contribution in [1.82, 2.24) is 0 Å². The summed E-state index contributed by atoms with van der Waals surface area (Å²) < 4.78 is 39.3. The zero-order chi connectivity index (χ0) is 14.8. The van der Waals surface area contributed by atoms with Crippen molar-refractivity contribution < 1.29 is 18.3 Å². The van der Waals surface area contributed by atoms with Gasteiger partial charge in [0.05, 0.1) is 11.7 Å². The van der Waals surface area contributed by atoms with Crippen molar-refractivity contribution in [3.63, 3.8) is 0 Å². The first-order valence-corrected chi connectivity index (χ1v) is 6.76. The maximum Gasteiger partial charge on any atom is 0.416 e. The average Bonchev–Trinajstić information content (AvgIpc) is 2.38. The van der Waals surface area contributed by atoms with Crippen LogP contribution in [0.15, 0.2) is 53.0 Å². The lowest BCUT2D eigenvalue weighted by molar-refractivity contribution is -0.139. The Morgan fingerprint density at radius 1 is 1.05 bits per heavy atom. The highest BCUT2D eigenvalue weighted by Gasteiger charge is 2.35. The molecule has 2 rings (SSSR count). The Morgan fingerprint density at radius 2 is 1.70 bits per heavy atom. The average molecular weight is 345 g/mol. The topological polar surface area (TPSA) is 20.2 Å². The van der Waals surface area contributed by atoms with Crippen molar-refractivity contribution in [2.24, 2.45) is 0 Å². The number of aliphatic hydroxyl groups is 1. The monoisotopic (exact) mass is 344 g/mol. The fraction of sp³-hybridized carbons (Fsp3) is 0.200. The van der Waals surface area contributed by atoms with Crippen LogP contribution in [0, 0.1) is 0 Å². The van der Waals surface area contributed by atoms with Gasteiger partial charge in [0, 0.05) is 10.9 Å². The molecule has 1 N–H and O–H groups in total. The second-order valence-corrected chi connectivity index (χ2v) is 5.35. The summed E-state index contributed by atoms with van der Waals surface area (Å²) in [6.07, 6.45) is -5.54. The van der Waals surface area contributed by atoms with E-state index in [1.807, 2.05) is 6.07 Å². The van der Waals surface area contributed by atoms with E-state index in [4.69, 9.17) is 0 Å². The third-order valence-corrected chi connectivity index (χ3v) is 3.44. The first-order valence-electron chi connectivity index (χ1n) is 5.96. The third kappa shape index (κ3) is 3.61. The van der Waals surface area contributed by atoms with Crippen LogP contribution in [0.1, 0.15) is 22.8 Å². The molecule has 1 nitrogen and oxygen atoms in total. The van der Waals surface area contributed by atoms with Crippen LogP contribution in [0.3, 0.4) is 0 Å². The molecule has 2 aromatic rings. The van der Waals surface area contributed by atoms with E-state index in [0.29, 0.717) is 4.47 Å². The number of hydrogen-bond donors (Lipinski definition) is 1. The second-order valence-electron chi connectivity index (χ2n) is 4.43. The van der Waals surface area contributed by atoms with Crippen molar-refractivity contribution in [3.05, 3.63) is 69.7 Å². The van der Waals surface area contributed by atoms with Gasteiger partial charge in [-0.2, -0.15) is 13.2 Å². The molecular weight excluding hydrogens is 333 g/mol. The third-order valence-electron chi connectivity index (χ3n) is 2.95. The smallest absolute Gasteiger partial charge is 0.388 e. The summed E-state index contributed by atoms with van der Waals surface area (Å²) in [6, 6.07) is 12.7. The molecule has 5 heteroatoms. The number of rotatable bonds is 3. The van der Waals surface area contributed by atoms with Gasteiger partial charge in [-0.25, -0.2) is 0 Å². The highest BCUT2D eigenvalue weighted by Crippen LogP contribution is 2.37. The van der Waals surface area contributed by atoms with Gasteiger partial charge in [-0.3, -0.25) is 0 Å². The molecule has 0 aliphatic carbocycles. The van der Waals surface area contributed by atoms with Gasteiger partial charge in [0.1, 0.15) is 0 Å². The molecule has 0 spiro atoms. The van der Waals surface area contributed by atoms with E-state index >= 15 is 0 Å². The van der Waals surface area contributed by atoms with E-state index in [1.165, 1.54) is 12.1 Å². The standard InChI is InChI=1S/C15H12BrF3O/c16-11-6-7-12(13(9-11)15(17,18)19)14(20)8-10-4-2-1-3-5-10/h1-7,9,14,20H,8H2. The molecule has 0 bridgehead atoms. The minimum Gasteiger partial charge on any atom is -0.388 e. The first kappa shape index (κ1) is 15.1. The summed E-state index contributed by atoms with van der Waals surface area (Å²) in [5.74, 6) is 0. The Morgan fingerprint density at radius 3 is 2.30 bits per heavy atom. The van der Waals surface area contributed by atoms with Gasteiger partial charge in [-0.1, -0.05) is 52.3 Å². The van der Waals surface area contributed by atoms with E-state index in [-0.39, 0.29) is 12.0 Å². The molecule has 0 heterocycles. The van der Waals surface area contributed by atoms with E-state index in [2.05, 4.69) is 15.9 Å². The van der Waals surface area contributed by atoms with Crippen molar-refractivity contribution in [2.45, 2.75) is 18.7 Å². The van der Waals surface area contributed by atoms with Crippen LogP contribution >= 0.6 is 15.9 Å². The van der Waals surface area contributed by atoms with Gasteiger partial charge in [0.25, 0.3) is 0 Å². The molecule has 1 unspecified atom stereocenters. The maximum atomic E-state index is 13.0. The summed E-state index contributed by atoms with van der Waals surface area (Å²) in [7, 11) is 0. The van der Waals surface area contributed by atoms with E-state index in [1.54, 1.807) is 24.3 Å². The van der Waals surface area contributed by atoms with Crippen LogP contribution in [0.4, 0.5) is 13.2 Å². The van der Waals surface area contributed by atoms with Crippen molar-refractivity contribution in [3.8, 4) is 0 Å². The predicted octanol–water partition coefficient (Wildman–Crippen LogP) is 4.74. The Bertz CT molecular complexity index is 581.